The highest BCUT2D eigenvalue weighted by molar-refractivity contribution is 7.15. The number of nitrogens with zero attached hydrogens (tertiary/aromatic N) is 1. The Morgan fingerprint density at radius 1 is 1.45 bits per heavy atom. The summed E-state index contributed by atoms with van der Waals surface area (Å²) in [7, 11) is 0. The van der Waals surface area contributed by atoms with E-state index in [-0.39, 0.29) is 11.6 Å². The fraction of sp³-hybridized carbons (Fsp3) is 0.333. The van der Waals surface area contributed by atoms with Crippen LogP contribution in [0, 0.1) is 0 Å². The average molecular weight is 291 g/mol. The molecule has 106 valence electrons. The molecule has 0 unspecified atom stereocenters. The zero-order valence-corrected chi connectivity index (χ0v) is 12.5. The molecule has 2 aromatic rings. The number of aromatic carboxylic acids is 1. The molecule has 0 atom stereocenters. The van der Waals surface area contributed by atoms with Crippen LogP contribution in [-0.4, -0.2) is 22.7 Å². The van der Waals surface area contributed by atoms with Crippen molar-refractivity contribution >= 4 is 17.3 Å². The van der Waals surface area contributed by atoms with Crippen LogP contribution in [0.15, 0.2) is 24.3 Å². The van der Waals surface area contributed by atoms with E-state index in [1.165, 1.54) is 11.3 Å². The van der Waals surface area contributed by atoms with Gasteiger partial charge in [-0.15, -0.1) is 11.3 Å². The molecule has 0 aliphatic heterocycles. The first kappa shape index (κ1) is 14.5. The Morgan fingerprint density at radius 2 is 2.20 bits per heavy atom. The second-order valence-corrected chi connectivity index (χ2v) is 5.68. The van der Waals surface area contributed by atoms with Crippen LogP contribution in [0.2, 0.25) is 0 Å². The molecular weight excluding hydrogens is 274 g/mol. The monoisotopic (exact) mass is 291 g/mol. The molecule has 20 heavy (non-hydrogen) atoms. The summed E-state index contributed by atoms with van der Waals surface area (Å²) in [5.74, 6) is -0.0484. The van der Waals surface area contributed by atoms with Crippen molar-refractivity contribution in [3.05, 3.63) is 35.0 Å². The summed E-state index contributed by atoms with van der Waals surface area (Å²) >= 11 is 1.43. The Balaban J connectivity index is 2.50. The summed E-state index contributed by atoms with van der Waals surface area (Å²) in [6.45, 7) is 6.50. The maximum Gasteiger partial charge on any atom is 0.356 e. The van der Waals surface area contributed by atoms with Gasteiger partial charge in [0.05, 0.1) is 16.5 Å². The van der Waals surface area contributed by atoms with Crippen molar-refractivity contribution in [2.75, 3.05) is 6.61 Å². The quantitative estimate of drug-likeness (QED) is 0.903. The summed E-state index contributed by atoms with van der Waals surface area (Å²) in [5.41, 5.74) is 0.949. The van der Waals surface area contributed by atoms with E-state index in [0.29, 0.717) is 11.5 Å². The SMILES string of the molecule is CCOc1cccc(-c2sc(C(C)C)nc2C(=O)O)c1. The van der Waals surface area contributed by atoms with E-state index in [1.807, 2.05) is 45.0 Å². The Bertz CT molecular complexity index is 619. The van der Waals surface area contributed by atoms with E-state index in [4.69, 9.17) is 4.74 Å². The number of carbonyl (C=O) groups is 1. The third-order valence-electron chi connectivity index (χ3n) is 2.75. The molecule has 0 spiro atoms. The van der Waals surface area contributed by atoms with Crippen LogP contribution in [0.4, 0.5) is 0 Å². The van der Waals surface area contributed by atoms with E-state index < -0.39 is 5.97 Å². The van der Waals surface area contributed by atoms with Gasteiger partial charge in [-0.1, -0.05) is 26.0 Å². The summed E-state index contributed by atoms with van der Waals surface area (Å²) < 4.78 is 5.46. The lowest BCUT2D eigenvalue weighted by atomic mass is 10.1. The third kappa shape index (κ3) is 2.99. The van der Waals surface area contributed by atoms with Gasteiger partial charge in [0.2, 0.25) is 0 Å². The van der Waals surface area contributed by atoms with Crippen LogP contribution >= 0.6 is 11.3 Å². The Hall–Kier alpha value is -1.88. The number of carboxylic acid groups (broad SMARTS) is 1. The van der Waals surface area contributed by atoms with Crippen LogP contribution in [0.5, 0.6) is 5.75 Å². The predicted molar refractivity (Wildman–Crippen MR) is 79.8 cm³/mol. The third-order valence-corrected chi connectivity index (χ3v) is 4.15. The Morgan fingerprint density at radius 3 is 2.80 bits per heavy atom. The van der Waals surface area contributed by atoms with E-state index in [2.05, 4.69) is 4.98 Å². The van der Waals surface area contributed by atoms with Gasteiger partial charge in [-0.05, 0) is 24.6 Å². The number of rotatable bonds is 5. The molecule has 0 fully saturated rings. The van der Waals surface area contributed by atoms with Gasteiger partial charge in [-0.2, -0.15) is 0 Å². The number of benzene rings is 1. The minimum absolute atomic E-state index is 0.118. The van der Waals surface area contributed by atoms with Crippen molar-refractivity contribution in [1.82, 2.24) is 4.98 Å². The van der Waals surface area contributed by atoms with Crippen molar-refractivity contribution in [3.8, 4) is 16.2 Å². The van der Waals surface area contributed by atoms with E-state index in [0.717, 1.165) is 16.3 Å². The number of hydrogen-bond acceptors (Lipinski definition) is 4. The van der Waals surface area contributed by atoms with Crippen molar-refractivity contribution < 1.29 is 14.6 Å². The number of carboxylic acids is 1. The molecule has 5 heteroatoms. The lowest BCUT2D eigenvalue weighted by Gasteiger charge is -2.05. The molecule has 0 bridgehead atoms. The Labute approximate surface area is 122 Å². The fourth-order valence-corrected chi connectivity index (χ4v) is 2.87. The first-order valence-corrected chi connectivity index (χ1v) is 7.31. The van der Waals surface area contributed by atoms with Crippen molar-refractivity contribution in [1.29, 1.82) is 0 Å². The van der Waals surface area contributed by atoms with E-state index in [1.54, 1.807) is 0 Å². The standard InChI is InChI=1S/C15H17NO3S/c1-4-19-11-7-5-6-10(8-11)13-12(15(17)18)16-14(20-13)9(2)3/h5-9H,4H2,1-3H3,(H,17,18). The molecule has 1 aromatic heterocycles. The molecule has 0 amide bonds. The second-order valence-electron chi connectivity index (χ2n) is 4.65. The lowest BCUT2D eigenvalue weighted by molar-refractivity contribution is 0.0692. The lowest BCUT2D eigenvalue weighted by Crippen LogP contribution is -1.99. The normalized spacial score (nSPS) is 10.8. The van der Waals surface area contributed by atoms with E-state index in [9.17, 15) is 9.90 Å². The molecular formula is C15H17NO3S. The number of aromatic nitrogens is 1. The number of thiazole rings is 1. The molecule has 4 nitrogen and oxygen atoms in total. The van der Waals surface area contributed by atoms with Gasteiger partial charge in [0.25, 0.3) is 0 Å². The zero-order valence-electron chi connectivity index (χ0n) is 11.7. The van der Waals surface area contributed by atoms with Gasteiger partial charge in [0.1, 0.15) is 5.75 Å². The first-order chi connectivity index (χ1) is 9.52. The van der Waals surface area contributed by atoms with Crippen molar-refractivity contribution in [2.24, 2.45) is 0 Å². The van der Waals surface area contributed by atoms with Crippen LogP contribution in [0.3, 0.4) is 0 Å². The van der Waals surface area contributed by atoms with Crippen molar-refractivity contribution in [2.45, 2.75) is 26.7 Å². The summed E-state index contributed by atoms with van der Waals surface area (Å²) in [6.07, 6.45) is 0. The summed E-state index contributed by atoms with van der Waals surface area (Å²) in [4.78, 5) is 16.3. The van der Waals surface area contributed by atoms with Crippen LogP contribution in [-0.2, 0) is 0 Å². The predicted octanol–water partition coefficient (Wildman–Crippen LogP) is 4.03. The topological polar surface area (TPSA) is 59.4 Å². The molecule has 0 saturated heterocycles. The molecule has 1 N–H and O–H groups in total. The molecule has 1 heterocycles. The average Bonchev–Trinajstić information content (AvgIpc) is 2.85. The molecule has 2 rings (SSSR count). The first-order valence-electron chi connectivity index (χ1n) is 6.50. The summed E-state index contributed by atoms with van der Waals surface area (Å²) in [5, 5.41) is 10.1. The Kier molecular flexibility index (Phi) is 4.39. The molecule has 0 saturated carbocycles. The van der Waals surface area contributed by atoms with Gasteiger partial charge in [0.15, 0.2) is 5.69 Å². The number of ether oxygens (including phenoxy) is 1. The van der Waals surface area contributed by atoms with Crippen LogP contribution in [0.1, 0.15) is 42.2 Å². The van der Waals surface area contributed by atoms with E-state index >= 15 is 0 Å². The number of hydrogen-bond donors (Lipinski definition) is 1. The van der Waals surface area contributed by atoms with Crippen LogP contribution < -0.4 is 4.74 Å². The van der Waals surface area contributed by atoms with Gasteiger partial charge < -0.3 is 9.84 Å². The highest BCUT2D eigenvalue weighted by Gasteiger charge is 2.20. The summed E-state index contributed by atoms with van der Waals surface area (Å²) in [6, 6.07) is 7.46. The molecule has 0 radical (unpaired) electrons. The zero-order chi connectivity index (χ0) is 14.7. The fourth-order valence-electron chi connectivity index (χ4n) is 1.82. The maximum atomic E-state index is 11.4. The smallest absolute Gasteiger partial charge is 0.356 e. The van der Waals surface area contributed by atoms with Gasteiger partial charge in [-0.3, -0.25) is 0 Å². The van der Waals surface area contributed by atoms with Gasteiger partial charge >= 0.3 is 5.97 Å². The molecule has 1 aromatic carbocycles. The van der Waals surface area contributed by atoms with Crippen molar-refractivity contribution in [3.63, 3.8) is 0 Å². The molecule has 0 aliphatic carbocycles. The van der Waals surface area contributed by atoms with Gasteiger partial charge in [0, 0.05) is 5.92 Å². The largest absolute Gasteiger partial charge is 0.494 e. The van der Waals surface area contributed by atoms with Gasteiger partial charge in [-0.25, -0.2) is 9.78 Å². The maximum absolute atomic E-state index is 11.4. The highest BCUT2D eigenvalue weighted by atomic mass is 32.1. The highest BCUT2D eigenvalue weighted by Crippen LogP contribution is 2.35. The molecule has 0 aliphatic rings. The minimum Gasteiger partial charge on any atom is -0.494 e. The second kappa shape index (κ2) is 6.05. The van der Waals surface area contributed by atoms with Crippen LogP contribution in [0.25, 0.3) is 10.4 Å². The minimum atomic E-state index is -0.995.